The largest absolute Gasteiger partial charge is 0.478 e. The number of rotatable bonds is 7. The second kappa shape index (κ2) is 6.85. The van der Waals surface area contributed by atoms with Gasteiger partial charge in [0.2, 0.25) is 0 Å². The van der Waals surface area contributed by atoms with E-state index in [-0.39, 0.29) is 16.9 Å². The van der Waals surface area contributed by atoms with E-state index in [0.29, 0.717) is 6.54 Å². The van der Waals surface area contributed by atoms with E-state index >= 15 is 0 Å². The Morgan fingerprint density at radius 3 is 2.83 bits per heavy atom. The molecule has 0 saturated carbocycles. The van der Waals surface area contributed by atoms with Crippen molar-refractivity contribution in [2.75, 3.05) is 23.9 Å². The van der Waals surface area contributed by atoms with Crippen LogP contribution in [0.15, 0.2) is 18.2 Å². The fourth-order valence-electron chi connectivity index (χ4n) is 1.42. The van der Waals surface area contributed by atoms with Crippen molar-refractivity contribution in [1.29, 1.82) is 0 Å². The van der Waals surface area contributed by atoms with E-state index < -0.39 is 10.9 Å². The molecule has 0 aliphatic carbocycles. The van der Waals surface area contributed by atoms with E-state index in [1.807, 2.05) is 6.26 Å². The Bertz CT molecular complexity index is 451. The minimum Gasteiger partial charge on any atom is -0.478 e. The van der Waals surface area contributed by atoms with E-state index in [1.165, 1.54) is 18.2 Å². The maximum absolute atomic E-state index is 11.0. The maximum atomic E-state index is 11.0. The van der Waals surface area contributed by atoms with E-state index in [1.54, 1.807) is 11.8 Å². The summed E-state index contributed by atoms with van der Waals surface area (Å²) in [7, 11) is 0. The van der Waals surface area contributed by atoms with Crippen molar-refractivity contribution >= 4 is 29.1 Å². The van der Waals surface area contributed by atoms with Crippen LogP contribution in [-0.2, 0) is 0 Å². The first-order valence-corrected chi connectivity index (χ1v) is 6.70. The number of thioether (sulfide) groups is 1. The number of anilines is 1. The highest BCUT2D eigenvalue weighted by Crippen LogP contribution is 2.22. The average Bonchev–Trinajstić information content (AvgIpc) is 2.34. The summed E-state index contributed by atoms with van der Waals surface area (Å²) in [6.07, 6.45) is 2.85. The number of hydrogen-bond acceptors (Lipinski definition) is 5. The van der Waals surface area contributed by atoms with Gasteiger partial charge in [0, 0.05) is 18.7 Å². The van der Waals surface area contributed by atoms with Crippen LogP contribution in [0.4, 0.5) is 11.4 Å². The third-order valence-corrected chi connectivity index (χ3v) is 2.98. The first-order chi connectivity index (χ1) is 8.56. The number of nitrogens with zero attached hydrogens (tertiary/aromatic N) is 1. The third-order valence-electron chi connectivity index (χ3n) is 2.29. The van der Waals surface area contributed by atoms with Gasteiger partial charge >= 0.3 is 5.97 Å². The monoisotopic (exact) mass is 270 g/mol. The molecule has 1 rings (SSSR count). The molecule has 0 atom stereocenters. The zero-order valence-corrected chi connectivity index (χ0v) is 10.7. The average molecular weight is 270 g/mol. The maximum Gasteiger partial charge on any atom is 0.337 e. The highest BCUT2D eigenvalue weighted by molar-refractivity contribution is 7.98. The molecule has 0 spiro atoms. The Morgan fingerprint density at radius 1 is 1.56 bits per heavy atom. The first kappa shape index (κ1) is 14.3. The molecule has 0 unspecified atom stereocenters. The lowest BCUT2D eigenvalue weighted by Gasteiger charge is -2.08. The number of aromatic carboxylic acids is 1. The third kappa shape index (κ3) is 3.92. The van der Waals surface area contributed by atoms with Crippen LogP contribution < -0.4 is 5.32 Å². The number of carbonyl (C=O) groups is 1. The SMILES string of the molecule is CSCCCNc1cc([N+](=O)[O-])ccc1C(=O)O. The van der Waals surface area contributed by atoms with E-state index in [2.05, 4.69) is 5.32 Å². The quantitative estimate of drug-likeness (QED) is 0.449. The normalized spacial score (nSPS) is 10.1. The molecule has 0 aromatic heterocycles. The predicted octanol–water partition coefficient (Wildman–Crippen LogP) is 2.46. The minimum absolute atomic E-state index is 0.0461. The van der Waals surface area contributed by atoms with E-state index in [0.717, 1.165) is 12.2 Å². The van der Waals surface area contributed by atoms with Gasteiger partial charge in [-0.3, -0.25) is 10.1 Å². The fourth-order valence-corrected chi connectivity index (χ4v) is 1.85. The van der Waals surface area contributed by atoms with Gasteiger partial charge in [-0.2, -0.15) is 11.8 Å². The number of nitrogens with one attached hydrogen (secondary N) is 1. The number of carboxylic acid groups (broad SMARTS) is 1. The van der Waals surface area contributed by atoms with Crippen molar-refractivity contribution in [2.45, 2.75) is 6.42 Å². The summed E-state index contributed by atoms with van der Waals surface area (Å²) in [4.78, 5) is 21.1. The summed E-state index contributed by atoms with van der Waals surface area (Å²) in [6, 6.07) is 3.69. The highest BCUT2D eigenvalue weighted by Gasteiger charge is 2.14. The van der Waals surface area contributed by atoms with Crippen molar-refractivity contribution in [2.24, 2.45) is 0 Å². The molecule has 1 aromatic carbocycles. The number of carboxylic acids is 1. The van der Waals surface area contributed by atoms with Crippen LogP contribution >= 0.6 is 11.8 Å². The van der Waals surface area contributed by atoms with Gasteiger partial charge in [0.1, 0.15) is 0 Å². The zero-order chi connectivity index (χ0) is 13.5. The molecular weight excluding hydrogens is 256 g/mol. The number of non-ortho nitro benzene ring substituents is 1. The van der Waals surface area contributed by atoms with Crippen LogP contribution in [-0.4, -0.2) is 34.6 Å². The second-order valence-electron chi connectivity index (χ2n) is 3.57. The van der Waals surface area contributed by atoms with E-state index in [9.17, 15) is 14.9 Å². The molecule has 2 N–H and O–H groups in total. The van der Waals surface area contributed by atoms with Crippen molar-refractivity contribution in [3.8, 4) is 0 Å². The summed E-state index contributed by atoms with van der Waals surface area (Å²) < 4.78 is 0. The highest BCUT2D eigenvalue weighted by atomic mass is 32.2. The lowest BCUT2D eigenvalue weighted by molar-refractivity contribution is -0.384. The Morgan fingerprint density at radius 2 is 2.28 bits per heavy atom. The number of hydrogen-bond donors (Lipinski definition) is 2. The predicted molar refractivity (Wildman–Crippen MR) is 71.5 cm³/mol. The molecule has 18 heavy (non-hydrogen) atoms. The van der Waals surface area contributed by atoms with Gasteiger partial charge in [-0.25, -0.2) is 4.79 Å². The Labute approximate surface area is 109 Å². The fraction of sp³-hybridized carbons (Fsp3) is 0.364. The zero-order valence-electron chi connectivity index (χ0n) is 9.88. The first-order valence-electron chi connectivity index (χ1n) is 5.30. The molecule has 0 aliphatic rings. The molecule has 0 radical (unpaired) electrons. The van der Waals surface area contributed by atoms with Crippen LogP contribution in [0.3, 0.4) is 0 Å². The topological polar surface area (TPSA) is 92.5 Å². The van der Waals surface area contributed by atoms with Gasteiger partial charge in [-0.05, 0) is 24.5 Å². The molecule has 6 nitrogen and oxygen atoms in total. The molecule has 0 bridgehead atoms. The van der Waals surface area contributed by atoms with Crippen molar-refractivity contribution in [3.05, 3.63) is 33.9 Å². The minimum atomic E-state index is -1.10. The summed E-state index contributed by atoms with van der Waals surface area (Å²) in [5.74, 6) is -0.151. The molecule has 98 valence electrons. The van der Waals surface area contributed by atoms with Gasteiger partial charge < -0.3 is 10.4 Å². The smallest absolute Gasteiger partial charge is 0.337 e. The van der Waals surface area contributed by atoms with Crippen LogP contribution in [0.1, 0.15) is 16.8 Å². The molecule has 1 aromatic rings. The number of nitro groups is 1. The molecule has 0 saturated heterocycles. The van der Waals surface area contributed by atoms with Crippen LogP contribution in [0.5, 0.6) is 0 Å². The standard InChI is InChI=1S/C11H14N2O4S/c1-18-6-2-5-12-10-7-8(13(16)17)3-4-9(10)11(14)15/h3-4,7,12H,2,5-6H2,1H3,(H,14,15). The molecular formula is C11H14N2O4S. The lowest BCUT2D eigenvalue weighted by Crippen LogP contribution is -2.08. The van der Waals surface area contributed by atoms with Gasteiger partial charge in [0.05, 0.1) is 16.2 Å². The lowest BCUT2D eigenvalue weighted by atomic mass is 10.1. The molecule has 0 aliphatic heterocycles. The molecule has 0 amide bonds. The van der Waals surface area contributed by atoms with Crippen LogP contribution in [0.25, 0.3) is 0 Å². The summed E-state index contributed by atoms with van der Waals surface area (Å²) in [5, 5.41) is 22.5. The van der Waals surface area contributed by atoms with Crippen LogP contribution in [0.2, 0.25) is 0 Å². The number of nitro benzene ring substituents is 1. The molecule has 0 fully saturated rings. The Kier molecular flexibility index (Phi) is 5.44. The Balaban J connectivity index is 2.86. The summed E-state index contributed by atoms with van der Waals surface area (Å²) >= 11 is 1.69. The Hall–Kier alpha value is -1.76. The number of benzene rings is 1. The van der Waals surface area contributed by atoms with Gasteiger partial charge in [-0.1, -0.05) is 0 Å². The van der Waals surface area contributed by atoms with Crippen LogP contribution in [0, 0.1) is 10.1 Å². The van der Waals surface area contributed by atoms with Gasteiger partial charge in [-0.15, -0.1) is 0 Å². The van der Waals surface area contributed by atoms with E-state index in [4.69, 9.17) is 5.11 Å². The van der Waals surface area contributed by atoms with Gasteiger partial charge in [0.25, 0.3) is 5.69 Å². The van der Waals surface area contributed by atoms with Crippen molar-refractivity contribution in [3.63, 3.8) is 0 Å². The van der Waals surface area contributed by atoms with Gasteiger partial charge in [0.15, 0.2) is 0 Å². The van der Waals surface area contributed by atoms with Crippen molar-refractivity contribution < 1.29 is 14.8 Å². The van der Waals surface area contributed by atoms with Crippen molar-refractivity contribution in [1.82, 2.24) is 0 Å². The summed E-state index contributed by atoms with van der Waals surface area (Å²) in [5.41, 5.74) is 0.218. The second-order valence-corrected chi connectivity index (χ2v) is 4.55. The summed E-state index contributed by atoms with van der Waals surface area (Å²) in [6.45, 7) is 0.586. The molecule has 7 heteroatoms. The molecule has 0 heterocycles.